The summed E-state index contributed by atoms with van der Waals surface area (Å²) in [5.41, 5.74) is 19.1. The first-order chi connectivity index (χ1) is 41.3. The molecule has 2 heteroatoms. The van der Waals surface area contributed by atoms with Crippen LogP contribution >= 0.6 is 0 Å². The molecule has 0 heterocycles. The monoisotopic (exact) mass is 1200 g/mol. The molecule has 0 aliphatic heterocycles. The van der Waals surface area contributed by atoms with Crippen LogP contribution in [0.1, 0.15) is 322 Å². The summed E-state index contributed by atoms with van der Waals surface area (Å²) in [6, 6.07) is 43.0. The smallest absolute Gasteiger partial charge is 0.159 e. The molecule has 0 bridgehead atoms. The van der Waals surface area contributed by atoms with E-state index >= 15 is 0 Å². The highest BCUT2D eigenvalue weighted by atomic mass is 16.1. The Labute approximate surface area is 544 Å². The number of hydrogen-bond donors (Lipinski definition) is 1. The van der Waals surface area contributed by atoms with Gasteiger partial charge in [0.1, 0.15) is 0 Å². The van der Waals surface area contributed by atoms with Crippen LogP contribution in [-0.2, 0) is 51.5 Å². The van der Waals surface area contributed by atoms with Crippen LogP contribution in [0.2, 0.25) is 0 Å². The average Bonchev–Trinajstić information content (AvgIpc) is 3.69. The lowest BCUT2D eigenvalue weighted by Gasteiger charge is -2.09. The Morgan fingerprint density at radius 3 is 1.10 bits per heavy atom. The number of aryl methyl sites for hydroxylation is 3. The molecule has 0 spiro atoms. The van der Waals surface area contributed by atoms with Gasteiger partial charge in [-0.05, 0) is 155 Å². The van der Waals surface area contributed by atoms with E-state index in [2.05, 4.69) is 249 Å². The summed E-state index contributed by atoms with van der Waals surface area (Å²) in [6.45, 7) is 51.7. The van der Waals surface area contributed by atoms with Gasteiger partial charge in [0, 0.05) is 12.1 Å². The van der Waals surface area contributed by atoms with Gasteiger partial charge in [-0.2, -0.15) is 0 Å². The number of ketones is 1. The van der Waals surface area contributed by atoms with E-state index in [9.17, 15) is 4.79 Å². The van der Waals surface area contributed by atoms with Gasteiger partial charge in [-0.3, -0.25) is 4.79 Å². The zero-order valence-electron chi connectivity index (χ0n) is 61.9. The van der Waals surface area contributed by atoms with E-state index in [4.69, 9.17) is 5.73 Å². The number of nitrogens with two attached hydrogens (primary N) is 1. The second kappa shape index (κ2) is 58.1. The van der Waals surface area contributed by atoms with Crippen molar-refractivity contribution in [3.8, 4) is 0 Å². The molecule has 0 saturated heterocycles. The summed E-state index contributed by atoms with van der Waals surface area (Å²) in [4.78, 5) is 11.1. The maximum absolute atomic E-state index is 11.1. The van der Waals surface area contributed by atoms with Gasteiger partial charge in [0.2, 0.25) is 0 Å². The first-order valence-corrected chi connectivity index (χ1v) is 35.9. The van der Waals surface area contributed by atoms with Crippen molar-refractivity contribution in [1.82, 2.24) is 0 Å². The van der Waals surface area contributed by atoms with Crippen LogP contribution in [0.15, 0.2) is 121 Å². The summed E-state index contributed by atoms with van der Waals surface area (Å²) in [5, 5.41) is 0. The molecule has 5 aromatic rings. The fraction of sp³-hybridized carbons (Fsp3) is 0.635. The van der Waals surface area contributed by atoms with Gasteiger partial charge in [0.05, 0.1) is 0 Å². The van der Waals surface area contributed by atoms with E-state index in [1.807, 2.05) is 24.3 Å². The predicted molar refractivity (Wildman–Crippen MR) is 397 cm³/mol. The largest absolute Gasteiger partial charge is 0.326 e. The second-order valence-electron chi connectivity index (χ2n) is 27.9. The van der Waals surface area contributed by atoms with Crippen LogP contribution in [0.25, 0.3) is 0 Å². The second-order valence-corrected chi connectivity index (χ2v) is 27.9. The first kappa shape index (κ1) is 86.9. The third-order valence-electron chi connectivity index (χ3n) is 15.0. The van der Waals surface area contributed by atoms with Crippen LogP contribution in [0.4, 0.5) is 0 Å². The minimum absolute atomic E-state index is 0.144. The van der Waals surface area contributed by atoms with Crippen molar-refractivity contribution in [3.63, 3.8) is 0 Å². The van der Waals surface area contributed by atoms with Crippen LogP contribution in [0.5, 0.6) is 0 Å². The molecule has 0 aliphatic rings. The number of hydrogen-bond acceptors (Lipinski definition) is 2. The molecule has 0 fully saturated rings. The molecule has 5 rings (SSSR count). The summed E-state index contributed by atoms with van der Waals surface area (Å²) in [5.74, 6) is 6.38. The summed E-state index contributed by atoms with van der Waals surface area (Å²) >= 11 is 0. The van der Waals surface area contributed by atoms with E-state index < -0.39 is 0 Å². The van der Waals surface area contributed by atoms with Gasteiger partial charge < -0.3 is 5.73 Å². The summed E-state index contributed by atoms with van der Waals surface area (Å²) < 4.78 is 0. The Morgan fingerprint density at radius 2 is 0.690 bits per heavy atom. The minimum atomic E-state index is 0.144. The molecule has 87 heavy (non-hydrogen) atoms. The summed E-state index contributed by atoms with van der Waals surface area (Å²) in [7, 11) is 0. The van der Waals surface area contributed by atoms with Gasteiger partial charge >= 0.3 is 0 Å². The Bertz CT molecular complexity index is 2270. The molecule has 0 radical (unpaired) electrons. The van der Waals surface area contributed by atoms with Gasteiger partial charge in [-0.1, -0.05) is 364 Å². The van der Waals surface area contributed by atoms with Crippen molar-refractivity contribution in [1.29, 1.82) is 0 Å². The van der Waals surface area contributed by atoms with Gasteiger partial charge in [-0.15, -0.1) is 0 Å². The molecule has 2 N–H and O–H groups in total. The Hall–Kier alpha value is -4.27. The standard InChI is InChI=1S/C12H16O.2C12H18.C11H17N.C11H16.C10H22.C9H20.C8H18/c1-9(2)7-11-5-4-6-12(8-11)10(3)13;1-4-11-5-7-12(8-6-11)9-10(2)3;1-4-11-6-5-7-12(9-11)8-10(2)3;1-9(2)7-10-5-3-4-6-11(10)8-12;1-4-10-6-5-7-11(8-10)9(2)3;1-4-5-6-7-8-9-10(2)3;1-4-5-6-7-8-9(2)3;1-4-5-6-7-8(2)3/h4-6,8-9H,7H2,1-3H3;5-8,10H,4,9H2,1-3H3;5-7,9-10H,4,8H2,1-3H3;3-6,9H,7-8,12H2,1-2H3;5-9H,4H2,1-3H3;10H,4-9H2,1-3H3;9H,4-8H2,1-3H3;8H,4-7H2,1-3H3. The highest BCUT2D eigenvalue weighted by Gasteiger charge is 2.05. The van der Waals surface area contributed by atoms with Crippen molar-refractivity contribution in [3.05, 3.63) is 177 Å². The zero-order valence-corrected chi connectivity index (χ0v) is 61.9. The van der Waals surface area contributed by atoms with Gasteiger partial charge in [0.15, 0.2) is 5.78 Å². The Balaban J connectivity index is -0.000000931. The lowest BCUT2D eigenvalue weighted by atomic mass is 9.98. The lowest BCUT2D eigenvalue weighted by Crippen LogP contribution is -2.03. The fourth-order valence-corrected chi connectivity index (χ4v) is 9.72. The molecule has 496 valence electrons. The number of benzene rings is 5. The summed E-state index contributed by atoms with van der Waals surface area (Å²) in [6.07, 6.45) is 29.2. The molecule has 5 aromatic carbocycles. The number of unbranched alkanes of at least 4 members (excludes halogenated alkanes) is 9. The minimum Gasteiger partial charge on any atom is -0.326 e. The van der Waals surface area contributed by atoms with Crippen LogP contribution < -0.4 is 5.73 Å². The number of carbonyl (C=O) groups excluding carboxylic acids is 1. The Morgan fingerprint density at radius 1 is 0.333 bits per heavy atom. The maximum Gasteiger partial charge on any atom is 0.159 e. The van der Waals surface area contributed by atoms with Crippen molar-refractivity contribution in [2.75, 3.05) is 0 Å². The SMILES string of the molecule is CC(=O)c1cccc(CC(C)C)c1.CC(C)Cc1ccccc1CN.CCCCCC(C)C.CCCCCCC(C)C.CCCCCCCC(C)C.CCc1ccc(CC(C)C)cc1.CCc1cccc(C(C)C)c1.CCc1cccc(CC(C)C)c1. The van der Waals surface area contributed by atoms with Crippen molar-refractivity contribution in [2.45, 2.75) is 313 Å². The van der Waals surface area contributed by atoms with Crippen molar-refractivity contribution in [2.24, 2.45) is 47.2 Å². The fourth-order valence-electron chi connectivity index (χ4n) is 9.72. The molecule has 2 nitrogen and oxygen atoms in total. The highest BCUT2D eigenvalue weighted by Crippen LogP contribution is 2.18. The van der Waals surface area contributed by atoms with E-state index in [0.717, 1.165) is 67.3 Å². The topological polar surface area (TPSA) is 43.1 Å². The van der Waals surface area contributed by atoms with E-state index in [1.165, 1.54) is 159 Å². The molecular formula is C85H145NO. The highest BCUT2D eigenvalue weighted by molar-refractivity contribution is 5.94. The Kier molecular flexibility index (Phi) is 58.1. The molecular weight excluding hydrogens is 1050 g/mol. The normalized spacial score (nSPS) is 10.6. The molecule has 0 aliphatic carbocycles. The molecule has 0 aromatic heterocycles. The third kappa shape index (κ3) is 55.5. The van der Waals surface area contributed by atoms with E-state index in [0.29, 0.717) is 24.3 Å². The number of rotatable bonds is 29. The van der Waals surface area contributed by atoms with Gasteiger partial charge in [0.25, 0.3) is 0 Å². The van der Waals surface area contributed by atoms with E-state index in [1.54, 1.807) is 6.92 Å². The maximum atomic E-state index is 11.1. The number of carbonyl (C=O) groups is 1. The first-order valence-electron chi connectivity index (χ1n) is 35.9. The zero-order chi connectivity index (χ0) is 66.4. The molecule has 0 amide bonds. The van der Waals surface area contributed by atoms with Crippen molar-refractivity contribution < 1.29 is 4.79 Å². The predicted octanol–water partition coefficient (Wildman–Crippen LogP) is 26.5. The average molecular weight is 1200 g/mol. The number of Topliss-reactive ketones (excluding diaryl/α,β-unsaturated/α-hetero) is 1. The van der Waals surface area contributed by atoms with Gasteiger partial charge in [-0.25, -0.2) is 0 Å². The van der Waals surface area contributed by atoms with Crippen LogP contribution in [-0.4, -0.2) is 5.78 Å². The third-order valence-corrected chi connectivity index (χ3v) is 15.0. The van der Waals surface area contributed by atoms with E-state index in [-0.39, 0.29) is 5.78 Å². The lowest BCUT2D eigenvalue weighted by molar-refractivity contribution is 0.101. The van der Waals surface area contributed by atoms with Crippen LogP contribution in [0.3, 0.4) is 0 Å². The van der Waals surface area contributed by atoms with Crippen LogP contribution in [0, 0.1) is 41.4 Å². The molecule has 0 atom stereocenters. The molecule has 0 saturated carbocycles. The molecule has 0 unspecified atom stereocenters. The van der Waals surface area contributed by atoms with Crippen molar-refractivity contribution >= 4 is 5.78 Å². The quantitative estimate of drug-likeness (QED) is 0.0383.